The molecule has 2 aromatic rings. The Kier molecular flexibility index (Phi) is 2.70. The fraction of sp³-hybridized carbons (Fsp3) is 0.0769. The summed E-state index contributed by atoms with van der Waals surface area (Å²) in [5, 5.41) is 8.92. The third-order valence-electron chi connectivity index (χ3n) is 2.36. The molecule has 2 nitrogen and oxygen atoms in total. The maximum absolute atomic E-state index is 8.92. The second kappa shape index (κ2) is 4.15. The summed E-state index contributed by atoms with van der Waals surface area (Å²) in [6, 6.07) is 15.6. The van der Waals surface area contributed by atoms with Gasteiger partial charge in [-0.25, -0.2) is 0 Å². The van der Waals surface area contributed by atoms with E-state index in [2.05, 4.69) is 0 Å². The Labute approximate surface area is 89.0 Å². The molecule has 0 bridgehead atoms. The molecule has 0 amide bonds. The summed E-state index contributed by atoms with van der Waals surface area (Å²) >= 11 is 0. The largest absolute Gasteiger partial charge is 0.399 e. The van der Waals surface area contributed by atoms with Crippen LogP contribution in [0, 0.1) is 0 Å². The average Bonchev–Trinajstić information content (AvgIpc) is 2.29. The van der Waals surface area contributed by atoms with E-state index in [1.54, 1.807) is 0 Å². The first-order chi connectivity index (χ1) is 7.29. The Morgan fingerprint density at radius 2 is 1.67 bits per heavy atom. The minimum absolute atomic E-state index is 0.0806. The highest BCUT2D eigenvalue weighted by Gasteiger charge is 1.97. The van der Waals surface area contributed by atoms with Crippen LogP contribution in [-0.4, -0.2) is 5.11 Å². The van der Waals surface area contributed by atoms with E-state index in [0.29, 0.717) is 0 Å². The SMILES string of the molecule is Nc1cccc(-c2ccc(CO)cc2)c1. The molecule has 0 spiro atoms. The lowest BCUT2D eigenvalue weighted by atomic mass is 10.0. The van der Waals surface area contributed by atoms with Gasteiger partial charge in [0.25, 0.3) is 0 Å². The van der Waals surface area contributed by atoms with Crippen molar-refractivity contribution in [3.8, 4) is 11.1 Å². The monoisotopic (exact) mass is 199 g/mol. The maximum Gasteiger partial charge on any atom is 0.0681 e. The van der Waals surface area contributed by atoms with Crippen LogP contribution in [-0.2, 0) is 6.61 Å². The van der Waals surface area contributed by atoms with E-state index in [1.165, 1.54) is 0 Å². The second-order valence-corrected chi connectivity index (χ2v) is 3.48. The van der Waals surface area contributed by atoms with Crippen molar-refractivity contribution in [2.45, 2.75) is 6.61 Å². The predicted octanol–water partition coefficient (Wildman–Crippen LogP) is 2.43. The van der Waals surface area contributed by atoms with Gasteiger partial charge in [0.2, 0.25) is 0 Å². The van der Waals surface area contributed by atoms with Crippen molar-refractivity contribution >= 4 is 5.69 Å². The Hall–Kier alpha value is -1.80. The quantitative estimate of drug-likeness (QED) is 0.730. The highest BCUT2D eigenvalue weighted by atomic mass is 16.3. The molecule has 2 rings (SSSR count). The molecule has 0 heterocycles. The molecule has 76 valence electrons. The summed E-state index contributed by atoms with van der Waals surface area (Å²) in [5.41, 5.74) is 9.60. The molecule has 3 N–H and O–H groups in total. The molecular weight excluding hydrogens is 186 g/mol. The number of rotatable bonds is 2. The summed E-state index contributed by atoms with van der Waals surface area (Å²) < 4.78 is 0. The van der Waals surface area contributed by atoms with E-state index < -0.39 is 0 Å². The van der Waals surface area contributed by atoms with E-state index in [1.807, 2.05) is 48.5 Å². The molecule has 0 atom stereocenters. The van der Waals surface area contributed by atoms with Crippen molar-refractivity contribution in [1.82, 2.24) is 0 Å². The van der Waals surface area contributed by atoms with Gasteiger partial charge in [-0.15, -0.1) is 0 Å². The molecule has 0 saturated carbocycles. The van der Waals surface area contributed by atoms with Gasteiger partial charge in [-0.05, 0) is 28.8 Å². The van der Waals surface area contributed by atoms with E-state index in [4.69, 9.17) is 10.8 Å². The average molecular weight is 199 g/mol. The summed E-state index contributed by atoms with van der Waals surface area (Å²) in [4.78, 5) is 0. The van der Waals surface area contributed by atoms with Crippen LogP contribution in [0.4, 0.5) is 5.69 Å². The maximum atomic E-state index is 8.92. The number of hydrogen-bond donors (Lipinski definition) is 2. The normalized spacial score (nSPS) is 10.2. The van der Waals surface area contributed by atoms with Crippen molar-refractivity contribution in [3.63, 3.8) is 0 Å². The molecule has 0 aliphatic heterocycles. The van der Waals surface area contributed by atoms with Gasteiger partial charge >= 0.3 is 0 Å². The Bertz CT molecular complexity index is 448. The van der Waals surface area contributed by atoms with Crippen molar-refractivity contribution in [3.05, 3.63) is 54.1 Å². The number of nitrogens with two attached hydrogens (primary N) is 1. The Morgan fingerprint density at radius 3 is 2.27 bits per heavy atom. The zero-order valence-electron chi connectivity index (χ0n) is 8.35. The minimum Gasteiger partial charge on any atom is -0.399 e. The van der Waals surface area contributed by atoms with Gasteiger partial charge in [0, 0.05) is 5.69 Å². The number of aliphatic hydroxyl groups excluding tert-OH is 1. The molecule has 2 heteroatoms. The van der Waals surface area contributed by atoms with Crippen LogP contribution >= 0.6 is 0 Å². The van der Waals surface area contributed by atoms with Gasteiger partial charge in [0.1, 0.15) is 0 Å². The van der Waals surface area contributed by atoms with Crippen LogP contribution in [0.2, 0.25) is 0 Å². The van der Waals surface area contributed by atoms with Crippen molar-refractivity contribution in [2.75, 3.05) is 5.73 Å². The van der Waals surface area contributed by atoms with Crippen LogP contribution in [0.15, 0.2) is 48.5 Å². The number of aliphatic hydroxyl groups is 1. The van der Waals surface area contributed by atoms with Crippen LogP contribution in [0.1, 0.15) is 5.56 Å². The molecule has 0 unspecified atom stereocenters. The van der Waals surface area contributed by atoms with Gasteiger partial charge in [-0.3, -0.25) is 0 Å². The van der Waals surface area contributed by atoms with Crippen molar-refractivity contribution < 1.29 is 5.11 Å². The zero-order chi connectivity index (χ0) is 10.7. The fourth-order valence-electron chi connectivity index (χ4n) is 1.52. The first-order valence-corrected chi connectivity index (χ1v) is 4.85. The molecule has 0 radical (unpaired) electrons. The smallest absolute Gasteiger partial charge is 0.0681 e. The number of hydrogen-bond acceptors (Lipinski definition) is 2. The lowest BCUT2D eigenvalue weighted by Gasteiger charge is -2.03. The fourth-order valence-corrected chi connectivity index (χ4v) is 1.52. The van der Waals surface area contributed by atoms with Crippen molar-refractivity contribution in [2.24, 2.45) is 0 Å². The molecule has 0 aliphatic rings. The lowest BCUT2D eigenvalue weighted by Crippen LogP contribution is -1.86. The first-order valence-electron chi connectivity index (χ1n) is 4.85. The van der Waals surface area contributed by atoms with Crippen LogP contribution in [0.5, 0.6) is 0 Å². The third-order valence-corrected chi connectivity index (χ3v) is 2.36. The molecule has 0 aromatic heterocycles. The highest BCUT2D eigenvalue weighted by molar-refractivity contribution is 5.67. The molecule has 2 aromatic carbocycles. The van der Waals surface area contributed by atoms with Crippen LogP contribution < -0.4 is 5.73 Å². The molecular formula is C13H13NO. The summed E-state index contributed by atoms with van der Waals surface area (Å²) in [6.07, 6.45) is 0. The van der Waals surface area contributed by atoms with Gasteiger partial charge in [0.15, 0.2) is 0 Å². The standard InChI is InChI=1S/C13H13NO/c14-13-3-1-2-12(8-13)11-6-4-10(9-15)5-7-11/h1-8,15H,9,14H2. The van der Waals surface area contributed by atoms with Crippen LogP contribution in [0.3, 0.4) is 0 Å². The Balaban J connectivity index is 2.37. The minimum atomic E-state index is 0.0806. The van der Waals surface area contributed by atoms with Gasteiger partial charge in [-0.2, -0.15) is 0 Å². The molecule has 15 heavy (non-hydrogen) atoms. The number of anilines is 1. The lowest BCUT2D eigenvalue weighted by molar-refractivity contribution is 0.282. The van der Waals surface area contributed by atoms with Gasteiger partial charge < -0.3 is 10.8 Å². The van der Waals surface area contributed by atoms with Crippen LogP contribution in [0.25, 0.3) is 11.1 Å². The third kappa shape index (κ3) is 2.17. The highest BCUT2D eigenvalue weighted by Crippen LogP contribution is 2.21. The topological polar surface area (TPSA) is 46.2 Å². The van der Waals surface area contributed by atoms with Gasteiger partial charge in [0.05, 0.1) is 6.61 Å². The van der Waals surface area contributed by atoms with E-state index in [0.717, 1.165) is 22.4 Å². The van der Waals surface area contributed by atoms with Crippen molar-refractivity contribution in [1.29, 1.82) is 0 Å². The number of benzene rings is 2. The first kappa shape index (κ1) is 9.74. The molecule has 0 saturated heterocycles. The van der Waals surface area contributed by atoms with Gasteiger partial charge in [-0.1, -0.05) is 36.4 Å². The molecule has 0 aliphatic carbocycles. The van der Waals surface area contributed by atoms with E-state index in [9.17, 15) is 0 Å². The molecule has 0 fully saturated rings. The predicted molar refractivity (Wildman–Crippen MR) is 62.2 cm³/mol. The van der Waals surface area contributed by atoms with E-state index >= 15 is 0 Å². The second-order valence-electron chi connectivity index (χ2n) is 3.48. The number of nitrogen functional groups attached to an aromatic ring is 1. The zero-order valence-corrected chi connectivity index (χ0v) is 8.35. The summed E-state index contributed by atoms with van der Waals surface area (Å²) in [7, 11) is 0. The Morgan fingerprint density at radius 1 is 0.933 bits per heavy atom. The van der Waals surface area contributed by atoms with E-state index in [-0.39, 0.29) is 6.61 Å². The summed E-state index contributed by atoms with van der Waals surface area (Å²) in [5.74, 6) is 0. The summed E-state index contributed by atoms with van der Waals surface area (Å²) in [6.45, 7) is 0.0806.